The summed E-state index contributed by atoms with van der Waals surface area (Å²) in [6, 6.07) is 1.57. The zero-order valence-electron chi connectivity index (χ0n) is 20.8. The highest BCUT2D eigenvalue weighted by Gasteiger charge is 2.48. The number of hydrogen-bond acceptors (Lipinski definition) is 9. The van der Waals surface area contributed by atoms with Crippen molar-refractivity contribution < 1.29 is 42.9 Å². The van der Waals surface area contributed by atoms with Crippen LogP contribution >= 0.6 is 0 Å². The molecule has 9 heteroatoms. The van der Waals surface area contributed by atoms with Crippen molar-refractivity contribution in [2.24, 2.45) is 0 Å². The summed E-state index contributed by atoms with van der Waals surface area (Å²) in [7, 11) is 1.28. The Morgan fingerprint density at radius 3 is 2.06 bits per heavy atom. The number of methoxy groups -OCH3 is 1. The van der Waals surface area contributed by atoms with E-state index in [0.29, 0.717) is 16.5 Å². The van der Waals surface area contributed by atoms with Crippen LogP contribution in [0.3, 0.4) is 0 Å². The first-order valence-electron chi connectivity index (χ1n) is 11.0. The number of aryl methyl sites for hydroxylation is 1. The van der Waals surface area contributed by atoms with Gasteiger partial charge in [0.25, 0.3) is 0 Å². The molecule has 0 unspecified atom stereocenters. The van der Waals surface area contributed by atoms with Crippen LogP contribution in [0.15, 0.2) is 11.8 Å². The van der Waals surface area contributed by atoms with E-state index >= 15 is 0 Å². The summed E-state index contributed by atoms with van der Waals surface area (Å²) >= 11 is 0. The second-order valence-corrected chi connectivity index (χ2v) is 9.18. The molecule has 2 aromatic carbocycles. The van der Waals surface area contributed by atoms with E-state index in [1.165, 1.54) is 27.9 Å². The van der Waals surface area contributed by atoms with Gasteiger partial charge in [0.2, 0.25) is 11.5 Å². The van der Waals surface area contributed by atoms with E-state index < -0.39 is 29.1 Å². The van der Waals surface area contributed by atoms with Crippen molar-refractivity contribution in [2.75, 3.05) is 7.11 Å². The average molecular weight is 482 g/mol. The molecule has 2 aliphatic rings. The largest absolute Gasteiger partial charge is 0.490 e. The maximum Gasteiger partial charge on any atom is 0.308 e. The number of fused-ring (bicyclic) bond motifs is 2. The molecule has 0 fully saturated rings. The molecule has 4 rings (SSSR count). The highest BCUT2D eigenvalue weighted by Crippen LogP contribution is 2.58. The van der Waals surface area contributed by atoms with Crippen LogP contribution < -0.4 is 14.2 Å². The van der Waals surface area contributed by atoms with Crippen molar-refractivity contribution in [1.82, 2.24) is 0 Å². The molecule has 2 aromatic rings. The maximum atomic E-state index is 13.8. The predicted molar refractivity (Wildman–Crippen MR) is 124 cm³/mol. The smallest absolute Gasteiger partial charge is 0.308 e. The molecule has 1 aliphatic carbocycles. The normalized spacial score (nSPS) is 17.6. The molecular formula is C26H26O9. The van der Waals surface area contributed by atoms with Crippen LogP contribution in [0.2, 0.25) is 0 Å². The van der Waals surface area contributed by atoms with Gasteiger partial charge in [-0.2, -0.15) is 0 Å². The molecular weight excluding hydrogens is 456 g/mol. The van der Waals surface area contributed by atoms with E-state index in [2.05, 4.69) is 0 Å². The van der Waals surface area contributed by atoms with Crippen LogP contribution in [0.5, 0.6) is 17.2 Å². The van der Waals surface area contributed by atoms with Crippen LogP contribution in [-0.2, 0) is 29.3 Å². The Morgan fingerprint density at radius 2 is 1.51 bits per heavy atom. The van der Waals surface area contributed by atoms with Crippen molar-refractivity contribution in [3.63, 3.8) is 0 Å². The zero-order chi connectivity index (χ0) is 26.0. The van der Waals surface area contributed by atoms with Gasteiger partial charge in [-0.05, 0) is 25.5 Å². The van der Waals surface area contributed by atoms with Crippen LogP contribution in [0.25, 0.3) is 16.5 Å². The third-order valence-electron chi connectivity index (χ3n) is 6.42. The molecule has 1 heterocycles. The molecule has 35 heavy (non-hydrogen) atoms. The molecule has 0 saturated carbocycles. The SMILES string of the molecule is COC1=C(OC(C)=O)c2c(OC(C)=O)cc(C)c3c(OC(C)=O)c4c(c(c23)C1=O)O[C@H](C)C4(C)C. The lowest BCUT2D eigenvalue weighted by atomic mass is 9.76. The quantitative estimate of drug-likeness (QED) is 0.469. The molecule has 0 spiro atoms. The Bertz CT molecular complexity index is 1380. The van der Waals surface area contributed by atoms with Crippen molar-refractivity contribution in [1.29, 1.82) is 0 Å². The van der Waals surface area contributed by atoms with Gasteiger partial charge < -0.3 is 23.7 Å². The molecule has 9 nitrogen and oxygen atoms in total. The van der Waals surface area contributed by atoms with E-state index in [9.17, 15) is 19.2 Å². The number of allylic oxidation sites excluding steroid dienone is 1. The number of carbonyl (C=O) groups is 4. The van der Waals surface area contributed by atoms with Gasteiger partial charge >= 0.3 is 17.9 Å². The number of benzene rings is 2. The van der Waals surface area contributed by atoms with Gasteiger partial charge in [0.1, 0.15) is 23.4 Å². The summed E-state index contributed by atoms with van der Waals surface area (Å²) < 4.78 is 28.3. The van der Waals surface area contributed by atoms with Crippen molar-refractivity contribution in [3.05, 3.63) is 34.1 Å². The van der Waals surface area contributed by atoms with Crippen LogP contribution in [-0.4, -0.2) is 36.9 Å². The minimum Gasteiger partial charge on any atom is -0.490 e. The summed E-state index contributed by atoms with van der Waals surface area (Å²) in [6.07, 6.45) is -0.366. The molecule has 0 amide bonds. The van der Waals surface area contributed by atoms with E-state index in [-0.39, 0.29) is 51.4 Å². The summed E-state index contributed by atoms with van der Waals surface area (Å²) in [5, 5.41) is 0.724. The first-order chi connectivity index (χ1) is 16.3. The van der Waals surface area contributed by atoms with Crippen LogP contribution in [0, 0.1) is 6.92 Å². The summed E-state index contributed by atoms with van der Waals surface area (Å²) in [4.78, 5) is 50.0. The number of carbonyl (C=O) groups excluding carboxylic acids is 4. The summed E-state index contributed by atoms with van der Waals surface area (Å²) in [5.74, 6) is -2.35. The Hall–Kier alpha value is -3.88. The Labute approximate surface area is 201 Å². The fourth-order valence-electron chi connectivity index (χ4n) is 4.71. The number of Topliss-reactive ketones (excluding diaryl/α,β-unsaturated/α-hetero) is 1. The van der Waals surface area contributed by atoms with E-state index in [4.69, 9.17) is 23.7 Å². The summed E-state index contributed by atoms with van der Waals surface area (Å²) in [5.41, 5.74) is 0.824. The van der Waals surface area contributed by atoms with Crippen LogP contribution in [0.1, 0.15) is 68.6 Å². The number of ether oxygens (including phenoxy) is 5. The molecule has 1 aliphatic heterocycles. The summed E-state index contributed by atoms with van der Waals surface area (Å²) in [6.45, 7) is 11.2. The Morgan fingerprint density at radius 1 is 0.914 bits per heavy atom. The topological polar surface area (TPSA) is 114 Å². The van der Waals surface area contributed by atoms with Crippen LogP contribution in [0.4, 0.5) is 0 Å². The molecule has 0 bridgehead atoms. The number of rotatable bonds is 4. The van der Waals surface area contributed by atoms with Gasteiger partial charge in [-0.3, -0.25) is 19.2 Å². The highest BCUT2D eigenvalue weighted by atomic mass is 16.6. The maximum absolute atomic E-state index is 13.8. The molecule has 0 aromatic heterocycles. The van der Waals surface area contributed by atoms with Gasteiger partial charge in [-0.1, -0.05) is 13.8 Å². The second kappa shape index (κ2) is 8.11. The minimum atomic E-state index is -0.708. The molecule has 0 radical (unpaired) electrons. The van der Waals surface area contributed by atoms with E-state index in [1.54, 1.807) is 13.0 Å². The third-order valence-corrected chi connectivity index (χ3v) is 6.42. The monoisotopic (exact) mass is 482 g/mol. The van der Waals surface area contributed by atoms with Crippen molar-refractivity contribution >= 4 is 40.2 Å². The van der Waals surface area contributed by atoms with Crippen molar-refractivity contribution in [2.45, 2.75) is 60.0 Å². The first kappa shape index (κ1) is 24.3. The van der Waals surface area contributed by atoms with Gasteiger partial charge in [-0.15, -0.1) is 0 Å². The fraction of sp³-hybridized carbons (Fsp3) is 0.385. The molecule has 0 saturated heterocycles. The van der Waals surface area contributed by atoms with E-state index in [0.717, 1.165) is 0 Å². The van der Waals surface area contributed by atoms with Crippen molar-refractivity contribution in [3.8, 4) is 17.2 Å². The predicted octanol–water partition coefficient (Wildman–Crippen LogP) is 4.13. The molecule has 1 atom stereocenters. The first-order valence-corrected chi connectivity index (χ1v) is 11.0. The average Bonchev–Trinajstić information content (AvgIpc) is 2.95. The minimum absolute atomic E-state index is 0.0566. The lowest BCUT2D eigenvalue weighted by molar-refractivity contribution is -0.134. The number of ketones is 1. The third kappa shape index (κ3) is 3.53. The highest BCUT2D eigenvalue weighted by molar-refractivity contribution is 6.27. The standard InChI is InChI=1S/C26H26O9/c1-10-9-15(33-12(3)27)17-18-16(10)22(34-13(4)28)20-23(32-11(2)26(20,6)7)19(18)21(30)25(31-8)24(17)35-14(5)29/h9,11H,1-8H3/t11-/m1/s1. The molecule has 0 N–H and O–H groups in total. The number of esters is 3. The Kier molecular flexibility index (Phi) is 5.62. The Balaban J connectivity index is 2.31. The van der Waals surface area contributed by atoms with Gasteiger partial charge in [0, 0.05) is 42.5 Å². The van der Waals surface area contributed by atoms with Gasteiger partial charge in [0.15, 0.2) is 5.76 Å². The van der Waals surface area contributed by atoms with E-state index in [1.807, 2.05) is 20.8 Å². The molecule has 184 valence electrons. The second-order valence-electron chi connectivity index (χ2n) is 9.18. The lowest BCUT2D eigenvalue weighted by Crippen LogP contribution is -2.29. The number of hydrogen-bond donors (Lipinski definition) is 0. The fourth-order valence-corrected chi connectivity index (χ4v) is 4.71. The van der Waals surface area contributed by atoms with Gasteiger partial charge in [-0.25, -0.2) is 0 Å². The zero-order valence-corrected chi connectivity index (χ0v) is 20.8. The van der Waals surface area contributed by atoms with Gasteiger partial charge in [0.05, 0.1) is 18.2 Å². The lowest BCUT2D eigenvalue weighted by Gasteiger charge is -2.28.